The van der Waals surface area contributed by atoms with Crippen LogP contribution >= 0.6 is 31.9 Å². The SMILES string of the molecule is Fc1ccc(CC(Br)c2ccc(Br)cc2F)cc1. The second kappa shape index (κ2) is 5.93. The lowest BCUT2D eigenvalue weighted by Gasteiger charge is -2.11. The molecule has 1 unspecified atom stereocenters. The first-order valence-corrected chi connectivity index (χ1v) is 7.10. The van der Waals surface area contributed by atoms with E-state index in [1.165, 1.54) is 18.2 Å². The molecule has 0 heterocycles. The van der Waals surface area contributed by atoms with Gasteiger partial charge in [-0.05, 0) is 36.2 Å². The van der Waals surface area contributed by atoms with E-state index in [0.717, 1.165) is 5.56 Å². The van der Waals surface area contributed by atoms with Gasteiger partial charge in [0.15, 0.2) is 0 Å². The summed E-state index contributed by atoms with van der Waals surface area (Å²) in [6.07, 6.45) is 0.610. The highest BCUT2D eigenvalue weighted by Gasteiger charge is 2.13. The Morgan fingerprint density at radius 1 is 1.00 bits per heavy atom. The first-order chi connectivity index (χ1) is 8.56. The molecule has 0 saturated carbocycles. The van der Waals surface area contributed by atoms with Crippen molar-refractivity contribution in [3.63, 3.8) is 0 Å². The maximum absolute atomic E-state index is 13.7. The summed E-state index contributed by atoms with van der Waals surface area (Å²) in [4.78, 5) is -0.129. The largest absolute Gasteiger partial charge is 0.207 e. The summed E-state index contributed by atoms with van der Waals surface area (Å²) in [6.45, 7) is 0. The molecule has 0 saturated heterocycles. The van der Waals surface area contributed by atoms with Crippen molar-refractivity contribution >= 4 is 31.9 Å². The Morgan fingerprint density at radius 3 is 2.28 bits per heavy atom. The minimum Gasteiger partial charge on any atom is -0.207 e. The molecule has 0 aliphatic carbocycles. The Kier molecular flexibility index (Phi) is 4.51. The Labute approximate surface area is 121 Å². The minimum atomic E-state index is -0.264. The molecule has 0 amide bonds. The normalized spacial score (nSPS) is 12.4. The van der Waals surface area contributed by atoms with Crippen LogP contribution in [0.1, 0.15) is 16.0 Å². The molecular formula is C14H10Br2F2. The average molecular weight is 376 g/mol. The van der Waals surface area contributed by atoms with Gasteiger partial charge in [0.2, 0.25) is 0 Å². The Balaban J connectivity index is 2.16. The van der Waals surface area contributed by atoms with Crippen LogP contribution in [0.2, 0.25) is 0 Å². The van der Waals surface area contributed by atoms with Crippen molar-refractivity contribution in [2.24, 2.45) is 0 Å². The lowest BCUT2D eigenvalue weighted by atomic mass is 10.0. The van der Waals surface area contributed by atoms with Gasteiger partial charge in [0.05, 0.1) is 0 Å². The Morgan fingerprint density at radius 2 is 1.67 bits per heavy atom. The monoisotopic (exact) mass is 374 g/mol. The van der Waals surface area contributed by atoms with Crippen molar-refractivity contribution in [1.82, 2.24) is 0 Å². The third-order valence-corrected chi connectivity index (χ3v) is 3.94. The van der Waals surface area contributed by atoms with Crippen molar-refractivity contribution in [2.45, 2.75) is 11.2 Å². The predicted molar refractivity (Wildman–Crippen MR) is 75.9 cm³/mol. The van der Waals surface area contributed by atoms with Gasteiger partial charge in [0.1, 0.15) is 11.6 Å². The lowest BCUT2D eigenvalue weighted by molar-refractivity contribution is 0.606. The zero-order valence-corrected chi connectivity index (χ0v) is 12.5. The summed E-state index contributed by atoms with van der Waals surface area (Å²) >= 11 is 6.69. The van der Waals surface area contributed by atoms with Crippen LogP contribution in [0.4, 0.5) is 8.78 Å². The standard InChI is InChI=1S/C14H10Br2F2/c15-10-3-6-12(14(18)8-10)13(16)7-9-1-4-11(17)5-2-9/h1-6,8,13H,7H2. The van der Waals surface area contributed by atoms with E-state index in [2.05, 4.69) is 31.9 Å². The highest BCUT2D eigenvalue weighted by molar-refractivity contribution is 9.10. The number of rotatable bonds is 3. The minimum absolute atomic E-state index is 0.129. The molecule has 2 aromatic carbocycles. The molecule has 0 N–H and O–H groups in total. The molecule has 0 aliphatic heterocycles. The van der Waals surface area contributed by atoms with Crippen molar-refractivity contribution in [1.29, 1.82) is 0 Å². The summed E-state index contributed by atoms with van der Waals surface area (Å²) in [5.74, 6) is -0.520. The molecule has 4 heteroatoms. The van der Waals surface area contributed by atoms with Crippen LogP contribution in [0.25, 0.3) is 0 Å². The fourth-order valence-electron chi connectivity index (χ4n) is 1.69. The Hall–Kier alpha value is -0.740. The molecule has 0 aliphatic rings. The van der Waals surface area contributed by atoms with E-state index in [4.69, 9.17) is 0 Å². The first kappa shape index (κ1) is 13.7. The third-order valence-electron chi connectivity index (χ3n) is 2.63. The highest BCUT2D eigenvalue weighted by atomic mass is 79.9. The fourth-order valence-corrected chi connectivity index (χ4v) is 2.77. The predicted octanol–water partition coefficient (Wildman–Crippen LogP) is 5.41. The van der Waals surface area contributed by atoms with E-state index < -0.39 is 0 Å². The van der Waals surface area contributed by atoms with Gasteiger partial charge in [-0.3, -0.25) is 0 Å². The molecule has 0 fully saturated rings. The summed E-state index contributed by atoms with van der Waals surface area (Å²) in [5.41, 5.74) is 1.56. The molecule has 18 heavy (non-hydrogen) atoms. The van der Waals surface area contributed by atoms with Crippen LogP contribution in [0.5, 0.6) is 0 Å². The number of hydrogen-bond donors (Lipinski definition) is 0. The fraction of sp³-hybridized carbons (Fsp3) is 0.143. The molecule has 0 spiro atoms. The molecule has 2 aromatic rings. The lowest BCUT2D eigenvalue weighted by Crippen LogP contribution is -1.98. The van der Waals surface area contributed by atoms with E-state index in [9.17, 15) is 8.78 Å². The van der Waals surface area contributed by atoms with Crippen molar-refractivity contribution in [3.8, 4) is 0 Å². The maximum atomic E-state index is 13.7. The molecule has 94 valence electrons. The first-order valence-electron chi connectivity index (χ1n) is 5.40. The highest BCUT2D eigenvalue weighted by Crippen LogP contribution is 2.30. The molecular weight excluding hydrogens is 366 g/mol. The van der Waals surface area contributed by atoms with E-state index >= 15 is 0 Å². The van der Waals surface area contributed by atoms with Gasteiger partial charge in [-0.2, -0.15) is 0 Å². The summed E-state index contributed by atoms with van der Waals surface area (Å²) in [5, 5.41) is 0. The van der Waals surface area contributed by atoms with Crippen molar-refractivity contribution in [3.05, 3.63) is 69.7 Å². The molecule has 2 rings (SSSR count). The van der Waals surface area contributed by atoms with Gasteiger partial charge in [0.25, 0.3) is 0 Å². The van der Waals surface area contributed by atoms with Crippen LogP contribution < -0.4 is 0 Å². The second-order valence-corrected chi connectivity index (χ2v) is 5.98. The molecule has 0 bridgehead atoms. The van der Waals surface area contributed by atoms with E-state index in [1.54, 1.807) is 24.3 Å². The van der Waals surface area contributed by atoms with Crippen molar-refractivity contribution < 1.29 is 8.78 Å². The van der Waals surface area contributed by atoms with Crippen LogP contribution in [-0.4, -0.2) is 0 Å². The zero-order valence-electron chi connectivity index (χ0n) is 9.34. The second-order valence-electron chi connectivity index (χ2n) is 3.96. The quantitative estimate of drug-likeness (QED) is 0.629. The van der Waals surface area contributed by atoms with Crippen LogP contribution in [0.3, 0.4) is 0 Å². The van der Waals surface area contributed by atoms with Crippen LogP contribution in [0, 0.1) is 11.6 Å². The number of hydrogen-bond acceptors (Lipinski definition) is 0. The average Bonchev–Trinajstić information content (AvgIpc) is 2.32. The zero-order chi connectivity index (χ0) is 13.1. The molecule has 0 radical (unpaired) electrons. The van der Waals surface area contributed by atoms with Gasteiger partial charge in [-0.15, -0.1) is 0 Å². The maximum Gasteiger partial charge on any atom is 0.128 e. The van der Waals surface area contributed by atoms with Crippen LogP contribution in [-0.2, 0) is 6.42 Å². The number of alkyl halides is 1. The number of halogens is 4. The van der Waals surface area contributed by atoms with Gasteiger partial charge < -0.3 is 0 Å². The number of benzene rings is 2. The van der Waals surface area contributed by atoms with Crippen molar-refractivity contribution in [2.75, 3.05) is 0 Å². The van der Waals surface area contributed by atoms with Gasteiger partial charge in [0, 0.05) is 14.9 Å². The van der Waals surface area contributed by atoms with Gasteiger partial charge in [-0.25, -0.2) is 8.78 Å². The summed E-state index contributed by atoms with van der Waals surface area (Å²) in [7, 11) is 0. The summed E-state index contributed by atoms with van der Waals surface area (Å²) in [6, 6.07) is 11.2. The Bertz CT molecular complexity index is 538. The smallest absolute Gasteiger partial charge is 0.128 e. The van der Waals surface area contributed by atoms with E-state index in [1.807, 2.05) is 0 Å². The van der Waals surface area contributed by atoms with Gasteiger partial charge >= 0.3 is 0 Å². The van der Waals surface area contributed by atoms with E-state index in [-0.39, 0.29) is 16.5 Å². The third kappa shape index (κ3) is 3.39. The topological polar surface area (TPSA) is 0 Å². The van der Waals surface area contributed by atoms with Crippen LogP contribution in [0.15, 0.2) is 46.9 Å². The molecule has 0 nitrogen and oxygen atoms in total. The molecule has 1 atom stereocenters. The molecule has 0 aromatic heterocycles. The van der Waals surface area contributed by atoms with E-state index in [0.29, 0.717) is 16.5 Å². The van der Waals surface area contributed by atoms with Gasteiger partial charge in [-0.1, -0.05) is 50.1 Å². The summed E-state index contributed by atoms with van der Waals surface area (Å²) < 4.78 is 27.2.